The number of aromatic amines is 1. The van der Waals surface area contributed by atoms with Gasteiger partial charge in [0.25, 0.3) is 5.92 Å². The molecule has 10 heteroatoms. The molecule has 0 unspecified atom stereocenters. The van der Waals surface area contributed by atoms with Crippen LogP contribution in [0.25, 0.3) is 0 Å². The van der Waals surface area contributed by atoms with E-state index in [0.717, 1.165) is 38.2 Å². The summed E-state index contributed by atoms with van der Waals surface area (Å²) < 4.78 is 34.1. The second-order valence-corrected chi connectivity index (χ2v) is 7.55. The second-order valence-electron chi connectivity index (χ2n) is 7.55. The largest absolute Gasteiger partial charge is 0.508 e. The summed E-state index contributed by atoms with van der Waals surface area (Å²) in [5, 5.41) is 23.2. The number of nitrogens with one attached hydrogen (secondary N) is 1. The van der Waals surface area contributed by atoms with Crippen molar-refractivity contribution in [2.75, 3.05) is 19.8 Å². The minimum absolute atomic E-state index is 0.0155. The minimum Gasteiger partial charge on any atom is -0.508 e. The Hall–Kier alpha value is -2.88. The van der Waals surface area contributed by atoms with Gasteiger partial charge in [-0.2, -0.15) is 5.21 Å². The molecule has 2 N–H and O–H groups in total. The average molecular weight is 435 g/mol. The summed E-state index contributed by atoms with van der Waals surface area (Å²) in [6.45, 7) is 0.863. The van der Waals surface area contributed by atoms with Gasteiger partial charge in [0.15, 0.2) is 5.82 Å². The lowest BCUT2D eigenvalue weighted by atomic mass is 10.0. The number of rotatable bonds is 11. The highest BCUT2D eigenvalue weighted by Crippen LogP contribution is 2.33. The summed E-state index contributed by atoms with van der Waals surface area (Å²) in [5.41, 5.74) is -0.245. The van der Waals surface area contributed by atoms with E-state index in [9.17, 15) is 18.7 Å². The zero-order chi connectivity index (χ0) is 22.1. The quantitative estimate of drug-likeness (QED) is 0.415. The predicted octanol–water partition coefficient (Wildman–Crippen LogP) is 2.97. The molecule has 168 valence electrons. The number of carbonyl (C=O) groups excluding carboxylic acids is 1. The van der Waals surface area contributed by atoms with Crippen molar-refractivity contribution in [2.45, 2.75) is 50.5 Å². The van der Waals surface area contributed by atoms with Crippen LogP contribution in [0, 0.1) is 0 Å². The molecule has 0 spiro atoms. The highest BCUT2D eigenvalue weighted by atomic mass is 19.3. The van der Waals surface area contributed by atoms with E-state index in [1.807, 2.05) is 0 Å². The smallest absolute Gasteiger partial charge is 0.276 e. The number of aromatic hydroxyl groups is 1. The van der Waals surface area contributed by atoms with Crippen LogP contribution < -0.4 is 0 Å². The third-order valence-corrected chi connectivity index (χ3v) is 5.17. The molecule has 8 nitrogen and oxygen atoms in total. The van der Waals surface area contributed by atoms with Crippen LogP contribution >= 0.6 is 0 Å². The van der Waals surface area contributed by atoms with Crippen molar-refractivity contribution >= 4 is 5.91 Å². The molecular formula is C21H27F2N5O3. The van der Waals surface area contributed by atoms with Crippen LogP contribution in [0.5, 0.6) is 5.75 Å². The number of aryl methyl sites for hydroxylation is 1. The molecule has 0 radical (unpaired) electrons. The topological polar surface area (TPSA) is 104 Å². The highest BCUT2D eigenvalue weighted by molar-refractivity contribution is 5.78. The zero-order valence-corrected chi connectivity index (χ0v) is 17.2. The summed E-state index contributed by atoms with van der Waals surface area (Å²) in [5.74, 6) is -2.75. The van der Waals surface area contributed by atoms with E-state index in [1.54, 1.807) is 11.0 Å². The van der Waals surface area contributed by atoms with Gasteiger partial charge < -0.3 is 14.7 Å². The number of phenols is 1. The maximum Gasteiger partial charge on any atom is 0.276 e. The fourth-order valence-electron chi connectivity index (χ4n) is 3.51. The van der Waals surface area contributed by atoms with Crippen LogP contribution in [0.2, 0.25) is 0 Å². The maximum absolute atomic E-state index is 14.4. The minimum atomic E-state index is -3.11. The lowest BCUT2D eigenvalue weighted by molar-refractivity contribution is -0.146. The van der Waals surface area contributed by atoms with Crippen LogP contribution in [-0.4, -0.2) is 62.3 Å². The molecule has 3 rings (SSSR count). The number of alkyl halides is 2. The van der Waals surface area contributed by atoms with Crippen molar-refractivity contribution in [2.24, 2.45) is 0 Å². The normalized spacial score (nSPS) is 17.5. The number of hydrogen-bond acceptors (Lipinski definition) is 6. The number of ether oxygens (including phenoxy) is 1. The molecule has 1 saturated heterocycles. The number of phenolic OH excluding ortho intramolecular Hbond substituents is 1. The first-order valence-corrected chi connectivity index (χ1v) is 10.4. The molecule has 1 aliphatic rings. The number of allylic oxidation sites excluding steroid dienone is 1. The van der Waals surface area contributed by atoms with Crippen LogP contribution in [0.3, 0.4) is 0 Å². The molecule has 1 aliphatic heterocycles. The van der Waals surface area contributed by atoms with E-state index in [0.29, 0.717) is 12.4 Å². The van der Waals surface area contributed by atoms with Crippen molar-refractivity contribution in [3.05, 3.63) is 47.8 Å². The van der Waals surface area contributed by atoms with E-state index >= 15 is 0 Å². The third-order valence-electron chi connectivity index (χ3n) is 5.17. The SMILES string of the molecule is O=C1COC[C@H](C=CCC(F)(F)c2cccc(O)c2)N1CCCCCCc1nn[nH]n1. The number of carbonyl (C=O) groups is 1. The summed E-state index contributed by atoms with van der Waals surface area (Å²) in [4.78, 5) is 14.0. The monoisotopic (exact) mass is 435 g/mol. The first kappa shape index (κ1) is 22.8. The Labute approximate surface area is 179 Å². The lowest BCUT2D eigenvalue weighted by Gasteiger charge is -2.34. The van der Waals surface area contributed by atoms with Gasteiger partial charge in [-0.15, -0.1) is 10.2 Å². The van der Waals surface area contributed by atoms with E-state index in [2.05, 4.69) is 20.6 Å². The van der Waals surface area contributed by atoms with E-state index in [4.69, 9.17) is 4.74 Å². The number of hydrogen-bond donors (Lipinski definition) is 2. The zero-order valence-electron chi connectivity index (χ0n) is 17.2. The Kier molecular flexibility index (Phi) is 8.05. The summed E-state index contributed by atoms with van der Waals surface area (Å²) in [6.07, 6.45) is 6.90. The molecule has 31 heavy (non-hydrogen) atoms. The molecule has 1 amide bonds. The number of halogens is 2. The van der Waals surface area contributed by atoms with Crippen molar-refractivity contribution in [1.82, 2.24) is 25.5 Å². The number of amides is 1. The van der Waals surface area contributed by atoms with Gasteiger partial charge in [0.2, 0.25) is 5.91 Å². The molecule has 1 fully saturated rings. The molecule has 0 aliphatic carbocycles. The second kappa shape index (κ2) is 10.9. The number of H-pyrrole nitrogens is 1. The molecule has 2 heterocycles. The number of tetrazole rings is 1. The van der Waals surface area contributed by atoms with Crippen molar-refractivity contribution < 1.29 is 23.4 Å². The van der Waals surface area contributed by atoms with Gasteiger partial charge in [-0.3, -0.25) is 4.79 Å². The van der Waals surface area contributed by atoms with Crippen LogP contribution in [0.1, 0.15) is 43.5 Å². The van der Waals surface area contributed by atoms with Crippen LogP contribution in [0.4, 0.5) is 8.78 Å². The van der Waals surface area contributed by atoms with Gasteiger partial charge in [-0.1, -0.05) is 42.3 Å². The Morgan fingerprint density at radius 3 is 2.90 bits per heavy atom. The number of nitrogens with zero attached hydrogens (tertiary/aromatic N) is 4. The summed E-state index contributed by atoms with van der Waals surface area (Å²) in [7, 11) is 0. The maximum atomic E-state index is 14.4. The first-order valence-electron chi connectivity index (χ1n) is 10.4. The molecule has 1 aromatic heterocycles. The summed E-state index contributed by atoms with van der Waals surface area (Å²) >= 11 is 0. The molecule has 1 atom stereocenters. The predicted molar refractivity (Wildman–Crippen MR) is 108 cm³/mol. The molecule has 1 aromatic carbocycles. The fourth-order valence-corrected chi connectivity index (χ4v) is 3.51. The standard InChI is InChI=1S/C21H27F2N5O3/c22-21(23,16-7-5-9-18(29)13-16)11-6-8-17-14-31-15-20(30)28(17)12-4-2-1-3-10-19-24-26-27-25-19/h5-9,13,17,29H,1-4,10-12,14-15H2,(H,24,25,26,27)/t17-/m0/s1. The van der Waals surface area contributed by atoms with Gasteiger partial charge in [-0.05, 0) is 25.0 Å². The number of benzene rings is 1. The highest BCUT2D eigenvalue weighted by Gasteiger charge is 2.31. The van der Waals surface area contributed by atoms with E-state index in [1.165, 1.54) is 24.3 Å². The number of aromatic nitrogens is 4. The van der Waals surface area contributed by atoms with E-state index in [-0.39, 0.29) is 36.5 Å². The number of unbranched alkanes of at least 4 members (excludes halogenated alkanes) is 3. The van der Waals surface area contributed by atoms with Gasteiger partial charge in [-0.25, -0.2) is 8.78 Å². The Balaban J connectivity index is 1.46. The first-order chi connectivity index (χ1) is 15.0. The van der Waals surface area contributed by atoms with Gasteiger partial charge in [0.05, 0.1) is 12.6 Å². The van der Waals surface area contributed by atoms with Crippen molar-refractivity contribution in [3.8, 4) is 5.75 Å². The molecule has 0 saturated carbocycles. The molecule has 2 aromatic rings. The Morgan fingerprint density at radius 1 is 1.29 bits per heavy atom. The van der Waals surface area contributed by atoms with Gasteiger partial charge >= 0.3 is 0 Å². The van der Waals surface area contributed by atoms with E-state index < -0.39 is 12.3 Å². The fraction of sp³-hybridized carbons (Fsp3) is 0.524. The molecular weight excluding hydrogens is 408 g/mol. The van der Waals surface area contributed by atoms with Gasteiger partial charge in [0, 0.05) is 24.9 Å². The molecule has 0 bridgehead atoms. The third kappa shape index (κ3) is 6.81. The Morgan fingerprint density at radius 2 is 2.13 bits per heavy atom. The average Bonchev–Trinajstić information content (AvgIpc) is 3.25. The Bertz CT molecular complexity index is 860. The number of morpholine rings is 1. The lowest BCUT2D eigenvalue weighted by Crippen LogP contribution is -2.48. The van der Waals surface area contributed by atoms with Gasteiger partial charge in [0.1, 0.15) is 12.4 Å². The van der Waals surface area contributed by atoms with Crippen LogP contribution in [-0.2, 0) is 21.9 Å². The van der Waals surface area contributed by atoms with Crippen molar-refractivity contribution in [3.63, 3.8) is 0 Å². The van der Waals surface area contributed by atoms with Crippen LogP contribution in [0.15, 0.2) is 36.4 Å². The summed E-state index contributed by atoms with van der Waals surface area (Å²) in [6, 6.07) is 4.72. The van der Waals surface area contributed by atoms with Crippen molar-refractivity contribution in [1.29, 1.82) is 0 Å².